The third-order valence-corrected chi connectivity index (χ3v) is 5.54. The van der Waals surface area contributed by atoms with Crippen LogP contribution in [0.3, 0.4) is 0 Å². The molecule has 1 aromatic rings. The zero-order chi connectivity index (χ0) is 21.0. The molecule has 0 radical (unpaired) electrons. The summed E-state index contributed by atoms with van der Waals surface area (Å²) in [5, 5.41) is 0. The molecule has 0 bridgehead atoms. The molecule has 0 amide bonds. The van der Waals surface area contributed by atoms with Gasteiger partial charge in [0, 0.05) is 11.1 Å². The van der Waals surface area contributed by atoms with E-state index in [0.717, 1.165) is 49.7 Å². The van der Waals surface area contributed by atoms with E-state index in [9.17, 15) is 9.79 Å². The Kier molecular flexibility index (Phi) is 8.79. The first-order valence-corrected chi connectivity index (χ1v) is 11.6. The van der Waals surface area contributed by atoms with Gasteiger partial charge in [0.05, 0.1) is 0 Å². The van der Waals surface area contributed by atoms with Crippen molar-refractivity contribution in [3.8, 4) is 5.75 Å². The highest BCUT2D eigenvalue weighted by atomic mass is 31.2. The Bertz CT molecular complexity index is 575. The molecular weight excluding hydrogens is 355 g/mol. The first-order chi connectivity index (χ1) is 12.4. The number of hydrogen-bond acceptors (Lipinski definition) is 3. The molecule has 0 aliphatic heterocycles. The third-order valence-electron chi connectivity index (χ3n) is 5.20. The second-order valence-electron chi connectivity index (χ2n) is 9.71. The molecule has 2 N–H and O–H groups in total. The lowest BCUT2D eigenvalue weighted by molar-refractivity contribution is 0.362. The van der Waals surface area contributed by atoms with Gasteiger partial charge in [-0.2, -0.15) is 0 Å². The summed E-state index contributed by atoms with van der Waals surface area (Å²) in [6.45, 7) is 19.8. The predicted octanol–water partition coefficient (Wildman–Crippen LogP) is 6.87. The van der Waals surface area contributed by atoms with E-state index in [-0.39, 0.29) is 10.8 Å². The van der Waals surface area contributed by atoms with Crippen molar-refractivity contribution in [3.05, 3.63) is 27.8 Å². The van der Waals surface area contributed by atoms with Crippen LogP contribution in [-0.4, -0.2) is 9.79 Å². The van der Waals surface area contributed by atoms with E-state index < -0.39 is 8.60 Å². The van der Waals surface area contributed by atoms with Crippen LogP contribution in [-0.2, 0) is 23.7 Å². The molecule has 0 aromatic heterocycles. The maximum Gasteiger partial charge on any atom is 0.391 e. The molecule has 0 fully saturated rings. The van der Waals surface area contributed by atoms with Gasteiger partial charge in [-0.05, 0) is 60.1 Å². The van der Waals surface area contributed by atoms with E-state index in [1.165, 1.54) is 16.7 Å². The monoisotopic (exact) mass is 396 g/mol. The number of hydrogen-bond donors (Lipinski definition) is 2. The van der Waals surface area contributed by atoms with E-state index in [4.69, 9.17) is 4.52 Å². The van der Waals surface area contributed by atoms with Crippen LogP contribution in [0.25, 0.3) is 0 Å². The fourth-order valence-electron chi connectivity index (χ4n) is 4.05. The second kappa shape index (κ2) is 9.72. The van der Waals surface area contributed by atoms with Crippen molar-refractivity contribution < 1.29 is 14.3 Å². The van der Waals surface area contributed by atoms with Gasteiger partial charge in [0.1, 0.15) is 5.75 Å². The van der Waals surface area contributed by atoms with Crippen molar-refractivity contribution in [1.82, 2.24) is 0 Å². The summed E-state index contributed by atoms with van der Waals surface area (Å²) >= 11 is 0. The average molecular weight is 397 g/mol. The van der Waals surface area contributed by atoms with Gasteiger partial charge in [0.25, 0.3) is 0 Å². The van der Waals surface area contributed by atoms with Gasteiger partial charge in [-0.25, -0.2) is 0 Å². The molecule has 0 aliphatic rings. The fourth-order valence-corrected chi connectivity index (χ4v) is 4.39. The van der Waals surface area contributed by atoms with E-state index >= 15 is 0 Å². The molecular formula is C23H41O3P. The van der Waals surface area contributed by atoms with Gasteiger partial charge in [-0.3, -0.25) is 0 Å². The summed E-state index contributed by atoms with van der Waals surface area (Å²) in [6.07, 6.45) is 6.53. The predicted molar refractivity (Wildman–Crippen MR) is 118 cm³/mol. The van der Waals surface area contributed by atoms with Crippen molar-refractivity contribution in [3.63, 3.8) is 0 Å². The van der Waals surface area contributed by atoms with E-state index in [1.807, 2.05) is 0 Å². The lowest BCUT2D eigenvalue weighted by Gasteiger charge is -2.35. The topological polar surface area (TPSA) is 49.7 Å². The third kappa shape index (κ3) is 6.17. The number of rotatable bonds is 8. The highest BCUT2D eigenvalue weighted by Gasteiger charge is 2.34. The van der Waals surface area contributed by atoms with Gasteiger partial charge in [0.15, 0.2) is 0 Å². The van der Waals surface area contributed by atoms with Crippen LogP contribution in [0.15, 0.2) is 0 Å². The number of benzene rings is 1. The zero-order valence-electron chi connectivity index (χ0n) is 19.0. The van der Waals surface area contributed by atoms with Crippen LogP contribution in [0, 0.1) is 6.92 Å². The maximum absolute atomic E-state index is 9.79. The smallest absolute Gasteiger partial charge is 0.391 e. The first-order valence-electron chi connectivity index (χ1n) is 10.4. The lowest BCUT2D eigenvalue weighted by atomic mass is 9.72. The Hall–Kier alpha value is -0.630. The van der Waals surface area contributed by atoms with E-state index in [2.05, 4.69) is 62.3 Å². The molecule has 0 atom stereocenters. The van der Waals surface area contributed by atoms with Crippen LogP contribution in [0.4, 0.5) is 0 Å². The molecule has 3 nitrogen and oxygen atoms in total. The average Bonchev–Trinajstić information content (AvgIpc) is 2.50. The Labute approximate surface area is 168 Å². The fraction of sp³-hybridized carbons (Fsp3) is 0.739. The van der Waals surface area contributed by atoms with Crippen LogP contribution in [0.5, 0.6) is 5.75 Å². The summed E-state index contributed by atoms with van der Waals surface area (Å²) in [6, 6.07) is 0. The summed E-state index contributed by atoms with van der Waals surface area (Å²) < 4.78 is 5.80. The highest BCUT2D eigenvalue weighted by molar-refractivity contribution is 7.39. The second-order valence-corrected chi connectivity index (χ2v) is 10.4. The molecule has 1 aromatic carbocycles. The molecule has 0 spiro atoms. The van der Waals surface area contributed by atoms with Crippen molar-refractivity contribution in [1.29, 1.82) is 0 Å². The van der Waals surface area contributed by atoms with Crippen molar-refractivity contribution in [2.24, 2.45) is 0 Å². The summed E-state index contributed by atoms with van der Waals surface area (Å²) in [5.41, 5.74) is 6.07. The van der Waals surface area contributed by atoms with Gasteiger partial charge in [0.2, 0.25) is 0 Å². The molecule has 4 heteroatoms. The molecule has 0 unspecified atom stereocenters. The molecule has 156 valence electrons. The lowest BCUT2D eigenvalue weighted by Crippen LogP contribution is -2.24. The quantitative estimate of drug-likeness (QED) is 0.472. The van der Waals surface area contributed by atoms with Crippen molar-refractivity contribution in [2.45, 2.75) is 112 Å². The summed E-state index contributed by atoms with van der Waals surface area (Å²) in [7, 11) is -2.46. The Balaban J connectivity index is 3.99. The van der Waals surface area contributed by atoms with Gasteiger partial charge < -0.3 is 14.3 Å². The Morgan fingerprint density at radius 1 is 0.778 bits per heavy atom. The largest absolute Gasteiger partial charge is 0.426 e. The Morgan fingerprint density at radius 3 is 1.41 bits per heavy atom. The Morgan fingerprint density at radius 2 is 1.15 bits per heavy atom. The van der Waals surface area contributed by atoms with Gasteiger partial charge >= 0.3 is 8.60 Å². The standard InChI is InChI=1S/C23H41O3P/c1-10-12-14-17-16(3)18(15-13-11-2)20(23(7,8)9)21(26-27(24)25)19(17)22(4,5)6/h24-25H,10-15H2,1-9H3. The highest BCUT2D eigenvalue weighted by Crippen LogP contribution is 2.49. The minimum Gasteiger partial charge on any atom is -0.426 e. The first kappa shape index (κ1) is 24.4. The van der Waals surface area contributed by atoms with Gasteiger partial charge in [-0.1, -0.05) is 68.2 Å². The molecule has 1 rings (SSSR count). The maximum atomic E-state index is 9.79. The van der Waals surface area contributed by atoms with Crippen LogP contribution in [0.1, 0.15) is 109 Å². The summed E-state index contributed by atoms with van der Waals surface area (Å²) in [5.74, 6) is 0.717. The summed E-state index contributed by atoms with van der Waals surface area (Å²) in [4.78, 5) is 19.6. The molecule has 0 heterocycles. The molecule has 0 saturated heterocycles. The minimum atomic E-state index is -2.46. The van der Waals surface area contributed by atoms with Crippen molar-refractivity contribution in [2.75, 3.05) is 0 Å². The molecule has 27 heavy (non-hydrogen) atoms. The zero-order valence-corrected chi connectivity index (χ0v) is 19.9. The minimum absolute atomic E-state index is 0.141. The van der Waals surface area contributed by atoms with Crippen LogP contribution >= 0.6 is 8.60 Å². The van der Waals surface area contributed by atoms with Crippen LogP contribution in [0.2, 0.25) is 0 Å². The van der Waals surface area contributed by atoms with Crippen LogP contribution < -0.4 is 4.52 Å². The molecule has 0 aliphatic carbocycles. The van der Waals surface area contributed by atoms with Crippen molar-refractivity contribution >= 4 is 8.60 Å². The molecule has 0 saturated carbocycles. The van der Waals surface area contributed by atoms with Gasteiger partial charge in [-0.15, -0.1) is 0 Å². The SMILES string of the molecule is CCCCc1c(C)c(CCCC)c(C(C)(C)C)c(OP(O)O)c1C(C)(C)C. The van der Waals surface area contributed by atoms with E-state index in [0.29, 0.717) is 5.75 Å². The number of unbranched alkanes of at least 4 members (excludes halogenated alkanes) is 2. The van der Waals surface area contributed by atoms with E-state index in [1.54, 1.807) is 0 Å². The normalized spacial score (nSPS) is 12.7.